The molecule has 0 aromatic carbocycles. The summed E-state index contributed by atoms with van der Waals surface area (Å²) in [5.74, 6) is -0.910. The number of carbonyl (C=O) groups is 1. The monoisotopic (exact) mass is 389 g/mol. The van der Waals surface area contributed by atoms with Crippen LogP contribution in [0.3, 0.4) is 0 Å². The van der Waals surface area contributed by atoms with Crippen LogP contribution in [-0.2, 0) is 20.5 Å². The summed E-state index contributed by atoms with van der Waals surface area (Å²) < 4.78 is 22.8. The van der Waals surface area contributed by atoms with Crippen LogP contribution in [0.4, 0.5) is 0 Å². The van der Waals surface area contributed by atoms with Crippen molar-refractivity contribution in [1.82, 2.24) is 9.55 Å². The molecule has 1 aromatic rings. The van der Waals surface area contributed by atoms with E-state index in [1.165, 1.54) is 12.4 Å². The molecule has 1 aromatic heterocycles. The van der Waals surface area contributed by atoms with Crippen LogP contribution in [-0.4, -0.2) is 56.4 Å². The topological polar surface area (TPSA) is 216 Å². The molecule has 1 atom stereocenters. The molecule has 0 spiro atoms. The standard InChI is InChI=1S/C5H10N2O7P2.C5H11NO2/c8-5(15(9,10)11,16(12,13)14)3-7-2-1-6-4-7;1-3(2)4(6)5(7)8/h1-2,4,8H,3H2,(H2,9,10,11)(H2,12,13,14);3-4H,6H2,1-2H3,(H,7,8)/t;4-/m.0/s1. The number of carboxylic acid groups (broad SMARTS) is 1. The second-order valence-electron chi connectivity index (χ2n) is 5.21. The predicted octanol–water partition coefficient (Wildman–Crippen LogP) is -1.06. The summed E-state index contributed by atoms with van der Waals surface area (Å²) in [6.07, 6.45) is 3.51. The normalized spacial score (nSPS) is 14.0. The second-order valence-corrected chi connectivity index (χ2v) is 9.21. The summed E-state index contributed by atoms with van der Waals surface area (Å²) in [5.41, 5.74) is 5.16. The van der Waals surface area contributed by atoms with Crippen LogP contribution in [0.1, 0.15) is 13.8 Å². The summed E-state index contributed by atoms with van der Waals surface area (Å²) in [5, 5.41) is 14.3. The van der Waals surface area contributed by atoms with Crippen LogP contribution < -0.4 is 5.73 Å². The zero-order valence-corrected chi connectivity index (χ0v) is 14.7. The van der Waals surface area contributed by atoms with Crippen molar-refractivity contribution in [1.29, 1.82) is 0 Å². The molecule has 0 amide bonds. The Kier molecular flexibility index (Phi) is 7.94. The summed E-state index contributed by atoms with van der Waals surface area (Å²) >= 11 is 0. The fourth-order valence-electron chi connectivity index (χ4n) is 1.26. The minimum Gasteiger partial charge on any atom is -0.480 e. The van der Waals surface area contributed by atoms with Gasteiger partial charge in [0.25, 0.3) is 5.08 Å². The van der Waals surface area contributed by atoms with E-state index in [0.29, 0.717) is 0 Å². The lowest BCUT2D eigenvalue weighted by Crippen LogP contribution is -2.34. The predicted molar refractivity (Wildman–Crippen MR) is 81.7 cm³/mol. The number of aliphatic hydroxyl groups is 1. The molecule has 14 heteroatoms. The molecule has 0 unspecified atom stereocenters. The number of aliphatic carboxylic acids is 1. The molecule has 24 heavy (non-hydrogen) atoms. The largest absolute Gasteiger partial charge is 0.480 e. The molecule has 140 valence electrons. The minimum absolute atomic E-state index is 0.0208. The molecule has 8 N–H and O–H groups in total. The van der Waals surface area contributed by atoms with E-state index in [2.05, 4.69) is 4.98 Å². The molecule has 0 aliphatic heterocycles. The van der Waals surface area contributed by atoms with Gasteiger partial charge < -0.3 is 40.1 Å². The second kappa shape index (κ2) is 8.32. The minimum atomic E-state index is -5.41. The van der Waals surface area contributed by atoms with Crippen molar-refractivity contribution in [3.8, 4) is 0 Å². The zero-order valence-electron chi connectivity index (χ0n) is 12.9. The fourth-order valence-corrected chi connectivity index (χ4v) is 3.32. The van der Waals surface area contributed by atoms with Gasteiger partial charge in [-0.05, 0) is 5.92 Å². The number of nitrogens with zero attached hydrogens (tertiary/aromatic N) is 2. The first-order valence-corrected chi connectivity index (χ1v) is 9.63. The van der Waals surface area contributed by atoms with E-state index in [9.17, 15) is 19.0 Å². The maximum Gasteiger partial charge on any atom is 0.371 e. The molecular weight excluding hydrogens is 368 g/mol. The van der Waals surface area contributed by atoms with E-state index < -0.39 is 38.8 Å². The van der Waals surface area contributed by atoms with Gasteiger partial charge in [0.05, 0.1) is 12.9 Å². The number of carboxylic acids is 1. The Morgan fingerprint density at radius 3 is 1.92 bits per heavy atom. The van der Waals surface area contributed by atoms with E-state index in [-0.39, 0.29) is 5.92 Å². The van der Waals surface area contributed by atoms with E-state index >= 15 is 0 Å². The Balaban J connectivity index is 0.000000561. The van der Waals surface area contributed by atoms with Crippen molar-refractivity contribution in [3.05, 3.63) is 18.7 Å². The number of rotatable bonds is 6. The number of nitrogens with two attached hydrogens (primary N) is 1. The van der Waals surface area contributed by atoms with Gasteiger partial charge in [0, 0.05) is 12.4 Å². The van der Waals surface area contributed by atoms with Crippen LogP contribution in [0.15, 0.2) is 18.7 Å². The summed E-state index contributed by atoms with van der Waals surface area (Å²) in [6, 6.07) is -0.713. The Morgan fingerprint density at radius 1 is 1.25 bits per heavy atom. The third-order valence-corrected chi connectivity index (χ3v) is 6.60. The van der Waals surface area contributed by atoms with Crippen LogP contribution in [0.5, 0.6) is 0 Å². The van der Waals surface area contributed by atoms with Crippen LogP contribution >= 0.6 is 15.2 Å². The maximum absolute atomic E-state index is 10.9. The first-order valence-electron chi connectivity index (χ1n) is 6.41. The van der Waals surface area contributed by atoms with Gasteiger partial charge in [0.15, 0.2) is 0 Å². The lowest BCUT2D eigenvalue weighted by Gasteiger charge is -2.29. The van der Waals surface area contributed by atoms with Crippen molar-refractivity contribution in [2.24, 2.45) is 11.7 Å². The quantitative estimate of drug-likeness (QED) is 0.291. The van der Waals surface area contributed by atoms with Crippen LogP contribution in [0.25, 0.3) is 0 Å². The smallest absolute Gasteiger partial charge is 0.371 e. The highest BCUT2D eigenvalue weighted by atomic mass is 31.2. The molecule has 1 heterocycles. The highest BCUT2D eigenvalue weighted by molar-refractivity contribution is 7.72. The van der Waals surface area contributed by atoms with Gasteiger partial charge in [0.2, 0.25) is 0 Å². The van der Waals surface area contributed by atoms with Gasteiger partial charge in [-0.25, -0.2) is 4.98 Å². The van der Waals surface area contributed by atoms with Crippen LogP contribution in [0.2, 0.25) is 0 Å². The van der Waals surface area contributed by atoms with E-state index in [4.69, 9.17) is 30.4 Å². The zero-order chi connectivity index (χ0) is 19.3. The van der Waals surface area contributed by atoms with Crippen molar-refractivity contribution in [2.45, 2.75) is 31.5 Å². The van der Waals surface area contributed by atoms with Crippen LogP contribution in [0, 0.1) is 5.92 Å². The van der Waals surface area contributed by atoms with Gasteiger partial charge >= 0.3 is 21.2 Å². The summed E-state index contributed by atoms with van der Waals surface area (Å²) in [4.78, 5) is 48.8. The van der Waals surface area contributed by atoms with Gasteiger partial charge in [-0.2, -0.15) is 0 Å². The molecule has 0 fully saturated rings. The van der Waals surface area contributed by atoms with Crippen molar-refractivity contribution < 1.29 is 43.7 Å². The third kappa shape index (κ3) is 6.08. The van der Waals surface area contributed by atoms with E-state index in [1.54, 1.807) is 13.8 Å². The average molecular weight is 389 g/mol. The molecule has 0 bridgehead atoms. The Bertz CT molecular complexity index is 600. The van der Waals surface area contributed by atoms with Gasteiger partial charge in [0.1, 0.15) is 6.04 Å². The number of hydrogen-bond acceptors (Lipinski definition) is 6. The SMILES string of the molecule is CC(C)[C@H](N)C(=O)O.O=P(O)(O)C(O)(Cn1ccnc1)P(=O)(O)O. The number of imidazole rings is 1. The molecule has 0 saturated heterocycles. The highest BCUT2D eigenvalue weighted by Gasteiger charge is 2.59. The Morgan fingerprint density at radius 2 is 1.71 bits per heavy atom. The molecule has 0 radical (unpaired) electrons. The number of hydrogen-bond donors (Lipinski definition) is 7. The first-order chi connectivity index (χ1) is 10.6. The van der Waals surface area contributed by atoms with Gasteiger partial charge in [-0.3, -0.25) is 13.9 Å². The van der Waals surface area contributed by atoms with Crippen molar-refractivity contribution >= 4 is 21.2 Å². The summed E-state index contributed by atoms with van der Waals surface area (Å²) in [6.45, 7) is 2.60. The lowest BCUT2D eigenvalue weighted by molar-refractivity contribution is -0.139. The molecule has 0 saturated carbocycles. The molecule has 12 nitrogen and oxygen atoms in total. The van der Waals surface area contributed by atoms with E-state index in [0.717, 1.165) is 10.9 Å². The first kappa shape index (κ1) is 22.9. The molecule has 0 aliphatic rings. The maximum atomic E-state index is 10.9. The highest BCUT2D eigenvalue weighted by Crippen LogP contribution is 2.67. The van der Waals surface area contributed by atoms with Crippen molar-refractivity contribution in [2.75, 3.05) is 0 Å². The molecule has 0 aliphatic carbocycles. The van der Waals surface area contributed by atoms with E-state index in [1.807, 2.05) is 0 Å². The Labute approximate surface area is 137 Å². The Hall–Kier alpha value is -1.10. The third-order valence-electron chi connectivity index (χ3n) is 2.89. The lowest BCUT2D eigenvalue weighted by atomic mass is 10.1. The fraction of sp³-hybridized carbons (Fsp3) is 0.600. The van der Waals surface area contributed by atoms with Gasteiger partial charge in [-0.15, -0.1) is 0 Å². The van der Waals surface area contributed by atoms with Crippen molar-refractivity contribution in [3.63, 3.8) is 0 Å². The number of aromatic nitrogens is 2. The van der Waals surface area contributed by atoms with Gasteiger partial charge in [-0.1, -0.05) is 13.8 Å². The summed E-state index contributed by atoms with van der Waals surface area (Å²) in [7, 11) is -10.8. The average Bonchev–Trinajstić information content (AvgIpc) is 2.88. The molecule has 1 rings (SSSR count). The molecular formula is C10H21N3O9P2.